The van der Waals surface area contributed by atoms with E-state index in [-0.39, 0.29) is 17.2 Å². The minimum absolute atomic E-state index is 0.114. The van der Waals surface area contributed by atoms with Crippen LogP contribution in [0.4, 0.5) is 0 Å². The van der Waals surface area contributed by atoms with Gasteiger partial charge in [-0.15, -0.1) is 23.1 Å². The second kappa shape index (κ2) is 8.67. The Morgan fingerprint density at radius 2 is 2.19 bits per heavy atom. The maximum absolute atomic E-state index is 13.0. The lowest BCUT2D eigenvalue weighted by molar-refractivity contribution is -0.154. The summed E-state index contributed by atoms with van der Waals surface area (Å²) in [6, 6.07) is 2.39. The Bertz CT molecular complexity index is 667. The van der Waals surface area contributed by atoms with Gasteiger partial charge in [0.15, 0.2) is 0 Å². The largest absolute Gasteiger partial charge is 0.480 e. The molecule has 1 aromatic heterocycles. The van der Waals surface area contributed by atoms with Crippen LogP contribution in [-0.4, -0.2) is 56.3 Å². The molecule has 0 bridgehead atoms. The first-order valence-electron chi connectivity index (χ1n) is 8.64. The fourth-order valence-electron chi connectivity index (χ4n) is 3.41. The van der Waals surface area contributed by atoms with Crippen molar-refractivity contribution in [3.8, 4) is 0 Å². The third kappa shape index (κ3) is 4.37. The number of rotatable bonds is 5. The Hall–Kier alpha value is -1.19. The number of hydrogen-bond donors (Lipinski definition) is 3. The second-order valence-corrected chi connectivity index (χ2v) is 9.45. The summed E-state index contributed by atoms with van der Waals surface area (Å²) in [7, 11) is 0. The van der Waals surface area contributed by atoms with Crippen molar-refractivity contribution in [3.63, 3.8) is 0 Å². The van der Waals surface area contributed by atoms with Crippen molar-refractivity contribution in [2.45, 2.75) is 54.8 Å². The van der Waals surface area contributed by atoms with Gasteiger partial charge in [-0.3, -0.25) is 9.59 Å². The summed E-state index contributed by atoms with van der Waals surface area (Å²) >= 11 is 7.55. The van der Waals surface area contributed by atoms with E-state index in [1.807, 2.05) is 17.5 Å². The first kappa shape index (κ1) is 19.6. The average molecular weight is 415 g/mol. The number of carboxylic acid groups (broad SMARTS) is 1. The fraction of sp³-hybridized carbons (Fsp3) is 0.588. The van der Waals surface area contributed by atoms with E-state index in [9.17, 15) is 19.5 Å². The Balaban J connectivity index is 1.68. The minimum Gasteiger partial charge on any atom is -0.480 e. The lowest BCUT2D eigenvalue weighted by atomic mass is 10.00. The number of carboxylic acids is 1. The Labute approximate surface area is 166 Å². The normalized spacial score (nSPS) is 27.3. The van der Waals surface area contributed by atoms with Crippen molar-refractivity contribution in [2.75, 3.05) is 5.75 Å². The predicted octanol–water partition coefficient (Wildman–Crippen LogP) is 2.00. The molecule has 0 spiro atoms. The highest BCUT2D eigenvalue weighted by molar-refractivity contribution is 7.99. The van der Waals surface area contributed by atoms with Crippen LogP contribution in [0.5, 0.6) is 0 Å². The summed E-state index contributed by atoms with van der Waals surface area (Å²) in [6.45, 7) is 0. The smallest absolute Gasteiger partial charge is 0.326 e. The van der Waals surface area contributed by atoms with Crippen LogP contribution < -0.4 is 5.32 Å². The van der Waals surface area contributed by atoms with E-state index in [1.54, 1.807) is 23.1 Å². The van der Waals surface area contributed by atoms with Crippen LogP contribution >= 0.6 is 35.7 Å². The van der Waals surface area contributed by atoms with Gasteiger partial charge in [0.1, 0.15) is 12.1 Å². The zero-order chi connectivity index (χ0) is 18.7. The fourth-order valence-corrected chi connectivity index (χ4v) is 5.94. The predicted molar refractivity (Wildman–Crippen MR) is 106 cm³/mol. The third-order valence-electron chi connectivity index (χ3n) is 4.72. The summed E-state index contributed by atoms with van der Waals surface area (Å²) in [4.78, 5) is 39.6. The topological polar surface area (TPSA) is 86.7 Å². The van der Waals surface area contributed by atoms with Gasteiger partial charge in [0.25, 0.3) is 0 Å². The Morgan fingerprint density at radius 3 is 2.88 bits per heavy atom. The first-order chi connectivity index (χ1) is 12.5. The number of aliphatic carboxylic acids is 1. The van der Waals surface area contributed by atoms with Gasteiger partial charge in [0.2, 0.25) is 11.8 Å². The maximum Gasteiger partial charge on any atom is 0.326 e. The van der Waals surface area contributed by atoms with E-state index >= 15 is 0 Å². The van der Waals surface area contributed by atoms with Crippen molar-refractivity contribution in [3.05, 3.63) is 22.4 Å². The number of piperidine rings is 1. The number of amides is 2. The highest BCUT2D eigenvalue weighted by Crippen LogP contribution is 2.34. The number of carbonyl (C=O) groups excluding carboxylic acids is 2. The summed E-state index contributed by atoms with van der Waals surface area (Å²) < 4.78 is 0. The monoisotopic (exact) mass is 414 g/mol. The van der Waals surface area contributed by atoms with Crippen LogP contribution in [0.25, 0.3) is 0 Å². The van der Waals surface area contributed by atoms with Crippen LogP contribution in [-0.2, 0) is 20.8 Å². The highest BCUT2D eigenvalue weighted by Gasteiger charge is 2.43. The molecule has 9 heteroatoms. The van der Waals surface area contributed by atoms with Gasteiger partial charge in [-0.1, -0.05) is 6.07 Å². The number of nitrogens with zero attached hydrogens (tertiary/aromatic N) is 1. The molecule has 2 amide bonds. The quantitative estimate of drug-likeness (QED) is 0.642. The number of thiophene rings is 1. The molecule has 0 aliphatic carbocycles. The molecule has 3 heterocycles. The van der Waals surface area contributed by atoms with Gasteiger partial charge >= 0.3 is 5.97 Å². The molecular formula is C17H22N2O4S3. The number of thiol groups is 1. The zero-order valence-corrected chi connectivity index (χ0v) is 16.7. The molecule has 2 saturated heterocycles. The standard InChI is InChI=1S/C17H22N2O4S3/c20-15(13(24)9-10-3-2-7-25-10)18-11-6-8-26-14-5-1-4-12(17(22)23)19(14)16(11)21/h2-3,7,11-14,24H,1,4-6,8-9H2,(H,18,20)(H,22,23). The van der Waals surface area contributed by atoms with Crippen molar-refractivity contribution >= 4 is 53.5 Å². The Morgan fingerprint density at radius 1 is 1.38 bits per heavy atom. The molecule has 0 radical (unpaired) electrons. The van der Waals surface area contributed by atoms with Crippen LogP contribution in [0.3, 0.4) is 0 Å². The van der Waals surface area contributed by atoms with Crippen LogP contribution in [0.2, 0.25) is 0 Å². The number of carbonyl (C=O) groups is 3. The Kier molecular flexibility index (Phi) is 6.52. The molecule has 2 fully saturated rings. The number of hydrogen-bond acceptors (Lipinski definition) is 6. The van der Waals surface area contributed by atoms with E-state index in [0.29, 0.717) is 25.0 Å². The molecular weight excluding hydrogens is 392 g/mol. The molecule has 1 aromatic rings. The molecule has 3 rings (SSSR count). The summed E-state index contributed by atoms with van der Waals surface area (Å²) in [5.74, 6) is -0.822. The van der Waals surface area contributed by atoms with E-state index < -0.39 is 23.3 Å². The van der Waals surface area contributed by atoms with Gasteiger partial charge in [-0.25, -0.2) is 4.79 Å². The zero-order valence-electron chi connectivity index (χ0n) is 14.2. The lowest BCUT2D eigenvalue weighted by Gasteiger charge is -2.39. The van der Waals surface area contributed by atoms with E-state index in [2.05, 4.69) is 17.9 Å². The molecule has 6 nitrogen and oxygen atoms in total. The number of fused-ring (bicyclic) bond motifs is 1. The van der Waals surface area contributed by atoms with Gasteiger partial charge in [0, 0.05) is 11.3 Å². The number of thioether (sulfide) groups is 1. The number of nitrogens with one attached hydrogen (secondary N) is 1. The summed E-state index contributed by atoms with van der Waals surface area (Å²) in [5.41, 5.74) is 0. The molecule has 4 atom stereocenters. The van der Waals surface area contributed by atoms with Gasteiger partial charge in [-0.05, 0) is 42.9 Å². The molecule has 2 N–H and O–H groups in total. The van der Waals surface area contributed by atoms with Crippen molar-refractivity contribution in [1.29, 1.82) is 0 Å². The molecule has 26 heavy (non-hydrogen) atoms. The molecule has 0 saturated carbocycles. The van der Waals surface area contributed by atoms with Crippen LogP contribution in [0, 0.1) is 0 Å². The van der Waals surface area contributed by atoms with Gasteiger partial charge in [0.05, 0.1) is 10.6 Å². The lowest BCUT2D eigenvalue weighted by Crippen LogP contribution is -2.57. The first-order valence-corrected chi connectivity index (χ1v) is 11.1. The van der Waals surface area contributed by atoms with Crippen molar-refractivity contribution in [1.82, 2.24) is 10.2 Å². The average Bonchev–Trinajstić information content (AvgIpc) is 3.07. The van der Waals surface area contributed by atoms with Crippen molar-refractivity contribution in [2.24, 2.45) is 0 Å². The SMILES string of the molecule is O=C(NC1CCSC2CCCC(C(=O)O)N2C1=O)C(S)Cc1cccs1. The van der Waals surface area contributed by atoms with Crippen LogP contribution in [0.1, 0.15) is 30.6 Å². The minimum atomic E-state index is -0.972. The van der Waals surface area contributed by atoms with Crippen LogP contribution in [0.15, 0.2) is 17.5 Å². The van der Waals surface area contributed by atoms with E-state index in [4.69, 9.17) is 0 Å². The maximum atomic E-state index is 13.0. The summed E-state index contributed by atoms with van der Waals surface area (Å²) in [5, 5.41) is 13.6. The molecule has 4 unspecified atom stereocenters. The molecule has 142 valence electrons. The van der Waals surface area contributed by atoms with Gasteiger partial charge < -0.3 is 15.3 Å². The highest BCUT2D eigenvalue weighted by atomic mass is 32.2. The summed E-state index contributed by atoms with van der Waals surface area (Å²) in [6.07, 6.45) is 3.08. The van der Waals surface area contributed by atoms with Gasteiger partial charge in [-0.2, -0.15) is 12.6 Å². The van der Waals surface area contributed by atoms with E-state index in [1.165, 1.54) is 4.90 Å². The molecule has 0 aromatic carbocycles. The van der Waals surface area contributed by atoms with Crippen molar-refractivity contribution < 1.29 is 19.5 Å². The van der Waals surface area contributed by atoms with E-state index in [0.717, 1.165) is 17.7 Å². The third-order valence-corrected chi connectivity index (χ3v) is 7.36. The second-order valence-electron chi connectivity index (χ2n) is 6.51. The molecule has 2 aliphatic heterocycles. The molecule has 2 aliphatic rings.